The monoisotopic (exact) mass is 274 g/mol. The van der Waals surface area contributed by atoms with Crippen LogP contribution in [0.15, 0.2) is 42.5 Å². The van der Waals surface area contributed by atoms with Gasteiger partial charge < -0.3 is 9.84 Å². The zero-order valence-electron chi connectivity index (χ0n) is 11.3. The predicted octanol–water partition coefficient (Wildman–Crippen LogP) is 3.65. The maximum atomic E-state index is 12.9. The number of rotatable bonds is 4. The molecule has 0 aliphatic carbocycles. The van der Waals surface area contributed by atoms with Crippen molar-refractivity contribution in [1.29, 1.82) is 0 Å². The molecule has 0 aliphatic rings. The summed E-state index contributed by atoms with van der Waals surface area (Å²) < 4.78 is 18.5. The van der Waals surface area contributed by atoms with Gasteiger partial charge in [-0.1, -0.05) is 29.8 Å². The Kier molecular flexibility index (Phi) is 4.03. The standard InChI is InChI=1S/C16H15FO3/c1-10-3-8-14(11(2)9-10)20-15(16(18)19)12-4-6-13(17)7-5-12/h3-9,15H,1-2H3,(H,18,19). The summed E-state index contributed by atoms with van der Waals surface area (Å²) >= 11 is 0. The van der Waals surface area contributed by atoms with E-state index in [0.717, 1.165) is 11.1 Å². The van der Waals surface area contributed by atoms with Gasteiger partial charge in [-0.3, -0.25) is 0 Å². The van der Waals surface area contributed by atoms with E-state index in [1.54, 1.807) is 6.07 Å². The van der Waals surface area contributed by atoms with Crippen LogP contribution in [0.4, 0.5) is 4.39 Å². The van der Waals surface area contributed by atoms with Crippen LogP contribution in [-0.2, 0) is 4.79 Å². The molecule has 0 saturated carbocycles. The number of ether oxygens (including phenoxy) is 1. The van der Waals surface area contributed by atoms with Gasteiger partial charge in [-0.2, -0.15) is 0 Å². The quantitative estimate of drug-likeness (QED) is 0.925. The van der Waals surface area contributed by atoms with Crippen LogP contribution >= 0.6 is 0 Å². The molecule has 104 valence electrons. The van der Waals surface area contributed by atoms with Crippen LogP contribution in [-0.4, -0.2) is 11.1 Å². The van der Waals surface area contributed by atoms with Crippen molar-refractivity contribution in [3.8, 4) is 5.75 Å². The smallest absolute Gasteiger partial charge is 0.349 e. The van der Waals surface area contributed by atoms with Gasteiger partial charge >= 0.3 is 5.97 Å². The van der Waals surface area contributed by atoms with E-state index in [2.05, 4.69) is 0 Å². The molecule has 0 aromatic heterocycles. The van der Waals surface area contributed by atoms with Gasteiger partial charge in [-0.05, 0) is 37.6 Å². The molecule has 0 radical (unpaired) electrons. The lowest BCUT2D eigenvalue weighted by Crippen LogP contribution is -2.18. The highest BCUT2D eigenvalue weighted by Crippen LogP contribution is 2.26. The lowest BCUT2D eigenvalue weighted by atomic mass is 10.1. The molecular weight excluding hydrogens is 259 g/mol. The number of carboxylic acids is 1. The van der Waals surface area contributed by atoms with Crippen molar-refractivity contribution in [2.45, 2.75) is 20.0 Å². The van der Waals surface area contributed by atoms with E-state index in [1.165, 1.54) is 24.3 Å². The first-order valence-corrected chi connectivity index (χ1v) is 6.19. The molecule has 0 spiro atoms. The van der Waals surface area contributed by atoms with Crippen LogP contribution in [0.1, 0.15) is 22.8 Å². The maximum Gasteiger partial charge on any atom is 0.349 e. The Morgan fingerprint density at radius 3 is 2.35 bits per heavy atom. The summed E-state index contributed by atoms with van der Waals surface area (Å²) in [5.74, 6) is -1.02. The van der Waals surface area contributed by atoms with Crippen LogP contribution in [0, 0.1) is 19.7 Å². The highest BCUT2D eigenvalue weighted by molar-refractivity contribution is 5.75. The molecule has 1 atom stereocenters. The van der Waals surface area contributed by atoms with Gasteiger partial charge in [0.15, 0.2) is 0 Å². The Hall–Kier alpha value is -2.36. The molecular formula is C16H15FO3. The number of aliphatic carboxylic acids is 1. The predicted molar refractivity (Wildman–Crippen MR) is 73.3 cm³/mol. The third kappa shape index (κ3) is 3.15. The molecule has 0 fully saturated rings. The van der Waals surface area contributed by atoms with E-state index in [0.29, 0.717) is 11.3 Å². The van der Waals surface area contributed by atoms with Gasteiger partial charge in [0.05, 0.1) is 0 Å². The fraction of sp³-hybridized carbons (Fsp3) is 0.188. The average Bonchev–Trinajstić information content (AvgIpc) is 2.39. The Morgan fingerprint density at radius 1 is 1.15 bits per heavy atom. The third-order valence-corrected chi connectivity index (χ3v) is 2.97. The molecule has 2 rings (SSSR count). The first-order chi connectivity index (χ1) is 9.47. The summed E-state index contributed by atoms with van der Waals surface area (Å²) in [6, 6.07) is 10.8. The topological polar surface area (TPSA) is 46.5 Å². The zero-order valence-corrected chi connectivity index (χ0v) is 11.3. The molecule has 0 bridgehead atoms. The van der Waals surface area contributed by atoms with Crippen LogP contribution in [0.2, 0.25) is 0 Å². The molecule has 0 saturated heterocycles. The molecule has 2 aromatic carbocycles. The summed E-state index contributed by atoms with van der Waals surface area (Å²) in [6.07, 6.45) is -1.16. The summed E-state index contributed by atoms with van der Waals surface area (Å²) in [5, 5.41) is 9.28. The Bertz CT molecular complexity index is 620. The van der Waals surface area contributed by atoms with E-state index in [-0.39, 0.29) is 0 Å². The highest BCUT2D eigenvalue weighted by atomic mass is 19.1. The molecule has 4 heteroatoms. The summed E-state index contributed by atoms with van der Waals surface area (Å²) in [7, 11) is 0. The third-order valence-electron chi connectivity index (χ3n) is 2.97. The molecule has 0 amide bonds. The van der Waals surface area contributed by atoms with Crippen LogP contribution < -0.4 is 4.74 Å². The number of hydrogen-bond donors (Lipinski definition) is 1. The van der Waals surface area contributed by atoms with Gasteiger partial charge in [0.25, 0.3) is 0 Å². The summed E-state index contributed by atoms with van der Waals surface area (Å²) in [6.45, 7) is 3.80. The van der Waals surface area contributed by atoms with Gasteiger partial charge in [0, 0.05) is 5.56 Å². The minimum Gasteiger partial charge on any atom is -0.478 e. The van der Waals surface area contributed by atoms with E-state index in [4.69, 9.17) is 4.74 Å². The number of carbonyl (C=O) groups is 1. The normalized spacial score (nSPS) is 11.9. The number of carboxylic acid groups (broad SMARTS) is 1. The fourth-order valence-electron chi connectivity index (χ4n) is 1.96. The second kappa shape index (κ2) is 5.74. The average molecular weight is 274 g/mol. The van der Waals surface area contributed by atoms with Crippen molar-refractivity contribution in [2.75, 3.05) is 0 Å². The molecule has 1 N–H and O–H groups in total. The van der Waals surface area contributed by atoms with Crippen LogP contribution in [0.5, 0.6) is 5.75 Å². The molecule has 2 aromatic rings. The molecule has 1 unspecified atom stereocenters. The largest absolute Gasteiger partial charge is 0.478 e. The minimum absolute atomic E-state index is 0.402. The Morgan fingerprint density at radius 2 is 1.80 bits per heavy atom. The van der Waals surface area contributed by atoms with Gasteiger partial charge in [0.1, 0.15) is 11.6 Å². The molecule has 3 nitrogen and oxygen atoms in total. The number of halogens is 1. The number of aryl methyl sites for hydroxylation is 2. The van der Waals surface area contributed by atoms with Crippen molar-refractivity contribution >= 4 is 5.97 Å². The maximum absolute atomic E-state index is 12.9. The zero-order chi connectivity index (χ0) is 14.7. The van der Waals surface area contributed by atoms with E-state index in [9.17, 15) is 14.3 Å². The first-order valence-electron chi connectivity index (χ1n) is 6.19. The van der Waals surface area contributed by atoms with Crippen molar-refractivity contribution in [2.24, 2.45) is 0 Å². The SMILES string of the molecule is Cc1ccc(OC(C(=O)O)c2ccc(F)cc2)c(C)c1. The lowest BCUT2D eigenvalue weighted by molar-refractivity contribution is -0.145. The van der Waals surface area contributed by atoms with Crippen molar-refractivity contribution in [3.05, 3.63) is 65.0 Å². The number of benzene rings is 2. The van der Waals surface area contributed by atoms with E-state index < -0.39 is 17.9 Å². The number of hydrogen-bond acceptors (Lipinski definition) is 2. The van der Waals surface area contributed by atoms with Crippen molar-refractivity contribution in [1.82, 2.24) is 0 Å². The van der Waals surface area contributed by atoms with Gasteiger partial charge in [-0.15, -0.1) is 0 Å². The van der Waals surface area contributed by atoms with Gasteiger partial charge in [0.2, 0.25) is 6.10 Å². The van der Waals surface area contributed by atoms with Crippen molar-refractivity contribution < 1.29 is 19.0 Å². The second-order valence-electron chi connectivity index (χ2n) is 4.66. The minimum atomic E-state index is -1.16. The Labute approximate surface area is 116 Å². The lowest BCUT2D eigenvalue weighted by Gasteiger charge is -2.17. The highest BCUT2D eigenvalue weighted by Gasteiger charge is 2.22. The molecule has 0 heterocycles. The van der Waals surface area contributed by atoms with E-state index in [1.807, 2.05) is 26.0 Å². The van der Waals surface area contributed by atoms with Crippen molar-refractivity contribution in [3.63, 3.8) is 0 Å². The van der Waals surface area contributed by atoms with E-state index >= 15 is 0 Å². The second-order valence-corrected chi connectivity index (χ2v) is 4.66. The fourth-order valence-corrected chi connectivity index (χ4v) is 1.96. The van der Waals surface area contributed by atoms with Crippen LogP contribution in [0.25, 0.3) is 0 Å². The molecule has 20 heavy (non-hydrogen) atoms. The Balaban J connectivity index is 2.30. The van der Waals surface area contributed by atoms with Gasteiger partial charge in [-0.25, -0.2) is 9.18 Å². The first kappa shape index (κ1) is 14.1. The summed E-state index contributed by atoms with van der Waals surface area (Å²) in [5.41, 5.74) is 2.33. The molecule has 0 aliphatic heterocycles. The summed E-state index contributed by atoms with van der Waals surface area (Å²) in [4.78, 5) is 11.3. The van der Waals surface area contributed by atoms with Crippen LogP contribution in [0.3, 0.4) is 0 Å².